The fraction of sp³-hybridized carbons (Fsp3) is 1.00. The summed E-state index contributed by atoms with van der Waals surface area (Å²) in [7, 11) is -2.97. The topological polar surface area (TPSA) is 37.4 Å². The third kappa shape index (κ3) is 3.53. The van der Waals surface area contributed by atoms with Crippen LogP contribution >= 0.6 is 15.9 Å². The SMILES string of the molecule is CCN(CCBr)S(=O)(=O)CC. The Balaban J connectivity index is 4.25. The van der Waals surface area contributed by atoms with Gasteiger partial charge in [0, 0.05) is 18.4 Å². The normalized spacial score (nSPS) is 12.4. The molecular weight excluding hydrogens is 230 g/mol. The van der Waals surface area contributed by atoms with Crippen LogP contribution in [0.2, 0.25) is 0 Å². The summed E-state index contributed by atoms with van der Waals surface area (Å²) in [5.41, 5.74) is 0. The van der Waals surface area contributed by atoms with Crippen molar-refractivity contribution in [2.24, 2.45) is 0 Å². The van der Waals surface area contributed by atoms with Crippen LogP contribution in [0.4, 0.5) is 0 Å². The Morgan fingerprint density at radius 3 is 2.18 bits per heavy atom. The van der Waals surface area contributed by atoms with E-state index in [1.165, 1.54) is 4.31 Å². The Kier molecular flexibility index (Phi) is 5.29. The number of hydrogen-bond donors (Lipinski definition) is 0. The summed E-state index contributed by atoms with van der Waals surface area (Å²) in [4.78, 5) is 0. The second-order valence-corrected chi connectivity index (χ2v) is 5.13. The highest BCUT2D eigenvalue weighted by Crippen LogP contribution is 2.01. The lowest BCUT2D eigenvalue weighted by molar-refractivity contribution is 0.449. The second-order valence-electron chi connectivity index (χ2n) is 2.08. The van der Waals surface area contributed by atoms with Crippen LogP contribution in [0.15, 0.2) is 0 Å². The molecule has 0 unspecified atom stereocenters. The summed E-state index contributed by atoms with van der Waals surface area (Å²) in [5.74, 6) is 0.188. The Morgan fingerprint density at radius 2 is 1.91 bits per heavy atom. The van der Waals surface area contributed by atoms with Gasteiger partial charge in [0.2, 0.25) is 10.0 Å². The molecule has 0 amide bonds. The highest BCUT2D eigenvalue weighted by Gasteiger charge is 2.16. The molecule has 0 heterocycles. The van der Waals surface area contributed by atoms with Crippen LogP contribution in [0, 0.1) is 0 Å². The molecule has 0 radical (unpaired) electrons. The number of alkyl halides is 1. The molecule has 0 atom stereocenters. The molecular formula is C6H14BrNO2S. The van der Waals surface area contributed by atoms with Crippen molar-refractivity contribution < 1.29 is 8.42 Å². The number of hydrogen-bond acceptors (Lipinski definition) is 2. The zero-order valence-electron chi connectivity index (χ0n) is 6.88. The van der Waals surface area contributed by atoms with Gasteiger partial charge in [0.05, 0.1) is 5.75 Å². The Morgan fingerprint density at radius 1 is 1.36 bits per heavy atom. The molecule has 5 heteroatoms. The Bertz CT molecular complexity index is 191. The first-order valence-corrected chi connectivity index (χ1v) is 6.35. The first-order chi connectivity index (χ1) is 5.08. The molecule has 0 fully saturated rings. The standard InChI is InChI=1S/C6H14BrNO2S/c1-3-8(6-5-7)11(9,10)4-2/h3-6H2,1-2H3. The molecule has 0 rings (SSSR count). The van der Waals surface area contributed by atoms with Gasteiger partial charge in [-0.05, 0) is 6.92 Å². The van der Waals surface area contributed by atoms with Crippen molar-refractivity contribution in [1.29, 1.82) is 0 Å². The number of nitrogens with zero attached hydrogens (tertiary/aromatic N) is 1. The molecule has 0 aromatic rings. The zero-order chi connectivity index (χ0) is 8.91. The van der Waals surface area contributed by atoms with Crippen molar-refractivity contribution in [3.05, 3.63) is 0 Å². The van der Waals surface area contributed by atoms with Gasteiger partial charge in [-0.15, -0.1) is 0 Å². The zero-order valence-corrected chi connectivity index (χ0v) is 9.28. The van der Waals surface area contributed by atoms with E-state index in [0.717, 1.165) is 0 Å². The van der Waals surface area contributed by atoms with Crippen LogP contribution in [-0.2, 0) is 10.0 Å². The van der Waals surface area contributed by atoms with Crippen LogP contribution in [0.5, 0.6) is 0 Å². The first kappa shape index (κ1) is 11.4. The molecule has 0 aromatic heterocycles. The third-order valence-corrected chi connectivity index (χ3v) is 3.76. The monoisotopic (exact) mass is 243 g/mol. The lowest BCUT2D eigenvalue weighted by atomic mass is 10.7. The molecule has 0 aliphatic heterocycles. The maximum absolute atomic E-state index is 11.2. The van der Waals surface area contributed by atoms with Crippen molar-refractivity contribution >= 4 is 26.0 Å². The van der Waals surface area contributed by atoms with Crippen LogP contribution in [0.25, 0.3) is 0 Å². The molecule has 3 nitrogen and oxygen atoms in total. The number of halogens is 1. The quantitative estimate of drug-likeness (QED) is 0.678. The summed E-state index contributed by atoms with van der Waals surface area (Å²) in [6.45, 7) is 4.62. The van der Waals surface area contributed by atoms with E-state index in [4.69, 9.17) is 0 Å². The summed E-state index contributed by atoms with van der Waals surface area (Å²) in [5, 5.41) is 0.695. The van der Waals surface area contributed by atoms with Gasteiger partial charge in [0.25, 0.3) is 0 Å². The van der Waals surface area contributed by atoms with E-state index in [1.54, 1.807) is 6.92 Å². The van der Waals surface area contributed by atoms with E-state index < -0.39 is 10.0 Å². The van der Waals surface area contributed by atoms with Gasteiger partial charge in [-0.2, -0.15) is 0 Å². The maximum Gasteiger partial charge on any atom is 0.213 e. The molecule has 0 aliphatic rings. The second kappa shape index (κ2) is 5.11. The highest BCUT2D eigenvalue weighted by atomic mass is 79.9. The van der Waals surface area contributed by atoms with E-state index in [2.05, 4.69) is 15.9 Å². The van der Waals surface area contributed by atoms with Gasteiger partial charge < -0.3 is 0 Å². The molecule has 0 saturated carbocycles. The molecule has 0 aromatic carbocycles. The molecule has 0 N–H and O–H groups in total. The Labute approximate surface area is 77.0 Å². The smallest absolute Gasteiger partial charge is 0.212 e. The summed E-state index contributed by atoms with van der Waals surface area (Å²) < 4.78 is 23.9. The minimum absolute atomic E-state index is 0.188. The van der Waals surface area contributed by atoms with E-state index in [-0.39, 0.29) is 5.75 Å². The molecule has 0 saturated heterocycles. The summed E-state index contributed by atoms with van der Waals surface area (Å²) in [6.07, 6.45) is 0. The lowest BCUT2D eigenvalue weighted by Crippen LogP contribution is -2.33. The van der Waals surface area contributed by atoms with Gasteiger partial charge in [-0.1, -0.05) is 22.9 Å². The third-order valence-electron chi connectivity index (χ3n) is 1.44. The minimum Gasteiger partial charge on any atom is -0.212 e. The van der Waals surface area contributed by atoms with Crippen LogP contribution in [0.1, 0.15) is 13.8 Å². The predicted octanol–water partition coefficient (Wildman–Crippen LogP) is 1.05. The average Bonchev–Trinajstić information content (AvgIpc) is 2.00. The van der Waals surface area contributed by atoms with Crippen molar-refractivity contribution in [1.82, 2.24) is 4.31 Å². The lowest BCUT2D eigenvalue weighted by Gasteiger charge is -2.17. The van der Waals surface area contributed by atoms with E-state index in [1.807, 2.05) is 6.92 Å². The predicted molar refractivity (Wildman–Crippen MR) is 50.5 cm³/mol. The largest absolute Gasteiger partial charge is 0.213 e. The number of rotatable bonds is 5. The molecule has 11 heavy (non-hydrogen) atoms. The molecule has 0 bridgehead atoms. The van der Waals surface area contributed by atoms with Crippen molar-refractivity contribution in [2.45, 2.75) is 13.8 Å². The summed E-state index contributed by atoms with van der Waals surface area (Å²) >= 11 is 3.21. The summed E-state index contributed by atoms with van der Waals surface area (Å²) in [6, 6.07) is 0. The fourth-order valence-electron chi connectivity index (χ4n) is 0.771. The fourth-order valence-corrected chi connectivity index (χ4v) is 2.56. The van der Waals surface area contributed by atoms with Gasteiger partial charge in [-0.25, -0.2) is 12.7 Å². The van der Waals surface area contributed by atoms with Crippen molar-refractivity contribution in [3.8, 4) is 0 Å². The molecule has 0 spiro atoms. The van der Waals surface area contributed by atoms with Crippen molar-refractivity contribution in [3.63, 3.8) is 0 Å². The van der Waals surface area contributed by atoms with E-state index in [0.29, 0.717) is 18.4 Å². The van der Waals surface area contributed by atoms with Gasteiger partial charge >= 0.3 is 0 Å². The van der Waals surface area contributed by atoms with Crippen LogP contribution in [0.3, 0.4) is 0 Å². The van der Waals surface area contributed by atoms with E-state index >= 15 is 0 Å². The Hall–Kier alpha value is 0.390. The number of sulfonamides is 1. The minimum atomic E-state index is -2.97. The van der Waals surface area contributed by atoms with Gasteiger partial charge in [0.1, 0.15) is 0 Å². The first-order valence-electron chi connectivity index (χ1n) is 3.62. The van der Waals surface area contributed by atoms with E-state index in [9.17, 15) is 8.42 Å². The maximum atomic E-state index is 11.2. The van der Waals surface area contributed by atoms with Crippen LogP contribution < -0.4 is 0 Å². The van der Waals surface area contributed by atoms with Crippen molar-refractivity contribution in [2.75, 3.05) is 24.2 Å². The molecule has 68 valence electrons. The average molecular weight is 244 g/mol. The van der Waals surface area contributed by atoms with Gasteiger partial charge in [0.15, 0.2) is 0 Å². The van der Waals surface area contributed by atoms with Gasteiger partial charge in [-0.3, -0.25) is 0 Å². The highest BCUT2D eigenvalue weighted by molar-refractivity contribution is 9.09. The van der Waals surface area contributed by atoms with Crippen LogP contribution in [-0.4, -0.2) is 36.9 Å². The molecule has 0 aliphatic carbocycles.